The Kier molecular flexibility index (Phi) is 23.0. The third-order valence-corrected chi connectivity index (χ3v) is 14.9. The molecule has 2 saturated heterocycles. The lowest BCUT2D eigenvalue weighted by Gasteiger charge is -2.32. The number of unbranched alkanes of at least 4 members (excludes halogenated alkanes) is 1. The molecule has 6 rings (SSSR count). The number of aromatic nitrogens is 1. The molecule has 2 fully saturated rings. The Labute approximate surface area is 472 Å². The number of hydrogen-bond donors (Lipinski definition) is 15. The van der Waals surface area contributed by atoms with E-state index in [0.29, 0.717) is 48.8 Å². The van der Waals surface area contributed by atoms with Crippen LogP contribution in [0.3, 0.4) is 0 Å². The number of aliphatic hydroxyl groups excluding tert-OH is 1. The number of thiol groups is 2. The minimum absolute atomic E-state index is 0.00810. The number of para-hydroxylation sites is 1. The summed E-state index contributed by atoms with van der Waals surface area (Å²) in [5.41, 5.74) is 14.3. The molecule has 3 aromatic carbocycles. The average Bonchev–Trinajstić information content (AvgIpc) is 4.26. The van der Waals surface area contributed by atoms with Gasteiger partial charge < -0.3 is 78.6 Å². The summed E-state index contributed by atoms with van der Waals surface area (Å²) in [5.74, 6) is -7.90. The Hall–Kier alpha value is -7.39. The summed E-state index contributed by atoms with van der Waals surface area (Å²) >= 11 is 8.10. The monoisotopic (exact) mass is 1150 g/mol. The number of aromatic amines is 1. The minimum Gasteiger partial charge on any atom is -0.508 e. The molecule has 0 saturated carbocycles. The zero-order valence-electron chi connectivity index (χ0n) is 43.9. The Bertz CT molecular complexity index is 2820. The minimum atomic E-state index is -1.68. The predicted octanol–water partition coefficient (Wildman–Crippen LogP) is -1.11. The highest BCUT2D eigenvalue weighted by molar-refractivity contribution is 7.80. The van der Waals surface area contributed by atoms with Crippen molar-refractivity contribution in [1.29, 1.82) is 0 Å². The van der Waals surface area contributed by atoms with Crippen LogP contribution in [0.1, 0.15) is 61.6 Å². The van der Waals surface area contributed by atoms with Gasteiger partial charge in [0.15, 0.2) is 0 Å². The summed E-state index contributed by atoms with van der Waals surface area (Å²) in [4.78, 5) is 131. The van der Waals surface area contributed by atoms with Crippen LogP contribution in [0, 0.1) is 0 Å². The first-order chi connectivity index (χ1) is 38.3. The summed E-state index contributed by atoms with van der Waals surface area (Å²) in [6.45, 7) is -0.344. The van der Waals surface area contributed by atoms with E-state index < -0.39 is 114 Å². The highest BCUT2D eigenvalue weighted by Crippen LogP contribution is 2.25. The third kappa shape index (κ3) is 16.6. The van der Waals surface area contributed by atoms with Gasteiger partial charge in [-0.15, -0.1) is 0 Å². The second-order valence-corrected chi connectivity index (χ2v) is 20.6. The van der Waals surface area contributed by atoms with Crippen LogP contribution in [-0.2, 0) is 62.4 Å². The highest BCUT2D eigenvalue weighted by Gasteiger charge is 2.42. The summed E-state index contributed by atoms with van der Waals surface area (Å²) < 4.78 is 0. The molecule has 24 nitrogen and oxygen atoms in total. The number of rotatable bonds is 28. The molecule has 0 unspecified atom stereocenters. The van der Waals surface area contributed by atoms with E-state index >= 15 is 0 Å². The molecule has 2 aliphatic rings. The van der Waals surface area contributed by atoms with Gasteiger partial charge in [0.1, 0.15) is 59.8 Å². The van der Waals surface area contributed by atoms with Crippen molar-refractivity contribution < 1.29 is 63.6 Å². The number of nitrogens with two attached hydrogens (primary N) is 2. The van der Waals surface area contributed by atoms with E-state index in [-0.39, 0.29) is 74.7 Å². The van der Waals surface area contributed by atoms with Gasteiger partial charge in [-0.2, -0.15) is 25.3 Å². The summed E-state index contributed by atoms with van der Waals surface area (Å²) in [6, 6.07) is 7.26. The van der Waals surface area contributed by atoms with Crippen molar-refractivity contribution in [1.82, 2.24) is 46.7 Å². The second-order valence-electron chi connectivity index (χ2n) is 19.8. The number of aromatic hydroxyl groups is 2. The number of carboxylic acids is 1. The molecule has 4 aromatic rings. The van der Waals surface area contributed by atoms with Crippen molar-refractivity contribution in [2.75, 3.05) is 37.7 Å². The van der Waals surface area contributed by atoms with Gasteiger partial charge >= 0.3 is 5.97 Å². The van der Waals surface area contributed by atoms with Crippen LogP contribution in [0.2, 0.25) is 0 Å². The number of phenolic OH excluding ortho intramolecular Hbond substituents is 2. The Morgan fingerprint density at radius 2 is 1.09 bits per heavy atom. The van der Waals surface area contributed by atoms with Gasteiger partial charge in [-0.25, -0.2) is 4.79 Å². The zero-order valence-corrected chi connectivity index (χ0v) is 45.7. The van der Waals surface area contributed by atoms with Crippen LogP contribution in [-0.4, -0.2) is 181 Å². The molecule has 0 aliphatic carbocycles. The maximum Gasteiger partial charge on any atom is 0.327 e. The van der Waals surface area contributed by atoms with Crippen LogP contribution in [0.4, 0.5) is 0 Å². The number of carboxylic acid groups (broad SMARTS) is 1. The Balaban J connectivity index is 1.25. The van der Waals surface area contributed by atoms with Crippen molar-refractivity contribution in [3.05, 3.63) is 95.7 Å². The molecular formula is C54H71N11O13S2. The van der Waals surface area contributed by atoms with Crippen LogP contribution in [0.15, 0.2) is 79.0 Å². The lowest BCUT2D eigenvalue weighted by Crippen LogP contribution is -2.61. The normalized spacial score (nSPS) is 17.7. The summed E-state index contributed by atoms with van der Waals surface area (Å²) in [7, 11) is 0. The van der Waals surface area contributed by atoms with Crippen molar-refractivity contribution in [3.63, 3.8) is 0 Å². The van der Waals surface area contributed by atoms with E-state index in [1.54, 1.807) is 6.20 Å². The smallest absolute Gasteiger partial charge is 0.327 e. The maximum atomic E-state index is 14.9. The molecule has 9 atom stereocenters. The van der Waals surface area contributed by atoms with Crippen molar-refractivity contribution in [3.8, 4) is 11.5 Å². The fourth-order valence-electron chi connectivity index (χ4n) is 9.74. The van der Waals surface area contributed by atoms with E-state index in [0.717, 1.165) is 10.9 Å². The van der Waals surface area contributed by atoms with Gasteiger partial charge in [-0.1, -0.05) is 42.5 Å². The van der Waals surface area contributed by atoms with Gasteiger partial charge in [0, 0.05) is 61.0 Å². The number of aliphatic carboxylic acids is 1. The summed E-state index contributed by atoms with van der Waals surface area (Å²) in [6.07, 6.45) is 3.44. The molecule has 3 heterocycles. The molecule has 0 spiro atoms. The topological polar surface area (TPSA) is 381 Å². The largest absolute Gasteiger partial charge is 0.508 e. The number of amides is 8. The van der Waals surface area contributed by atoms with Crippen LogP contribution < -0.4 is 43.4 Å². The second kappa shape index (κ2) is 29.7. The molecule has 26 heteroatoms. The third-order valence-electron chi connectivity index (χ3n) is 14.1. The van der Waals surface area contributed by atoms with E-state index in [2.05, 4.69) is 62.1 Å². The number of carbonyl (C=O) groups excluding carboxylic acids is 8. The lowest BCUT2D eigenvalue weighted by molar-refractivity contribution is -0.144. The number of hydrogen-bond acceptors (Lipinski definition) is 16. The van der Waals surface area contributed by atoms with Crippen LogP contribution in [0.5, 0.6) is 11.5 Å². The standard InChI is InChI=1S/C54H71N11O13S2/c55-20-4-3-9-38(46(69)59-39(23-30-12-16-33(67)17-13-30)48(71)62-42(27-66)49(72)63-43(29-80)54(77)78)58-47(70)40(24-31-14-18-34(68)19-15-31)60-50(73)45-11-6-22-65(45)53(76)41(25-32-26-57-37-8-2-1-7-35(32)37)61-51(74)44-10-5-21-64(44)52(75)36(56)28-79/h1-2,7-8,12-19,26,36,38-45,57,66-68,79-80H,3-6,9-11,20-25,27-29,55-56H2,(H,58,70)(H,59,69)(H,60,73)(H,61,74)(H,62,71)(H,63,72)(H,77,78)/t36-,38-,39-,40-,41-,42-,43-,44-,45-/m0/s1. The molecule has 0 radical (unpaired) electrons. The molecular weight excluding hydrogens is 1070 g/mol. The van der Waals surface area contributed by atoms with Gasteiger partial charge in [-0.3, -0.25) is 38.4 Å². The first kappa shape index (κ1) is 61.8. The molecule has 8 amide bonds. The number of fused-ring (bicyclic) bond motifs is 1. The molecule has 80 heavy (non-hydrogen) atoms. The Morgan fingerprint density at radius 1 is 0.600 bits per heavy atom. The average molecular weight is 1150 g/mol. The van der Waals surface area contributed by atoms with Gasteiger partial charge in [0.05, 0.1) is 12.6 Å². The SMILES string of the molecule is NCCCC[C@H](NC(=O)[C@H](Cc1ccc(O)cc1)NC(=O)[C@@H]1CCCN1C(=O)[C@H](Cc1c[nH]c2ccccc12)NC(=O)[C@@H]1CCCN1C(=O)[C@@H](N)CS)C(=O)N[C@@H](Cc1ccc(O)cc1)C(=O)N[C@@H](CO)C(=O)N[C@@H](CS)C(=O)O. The number of likely N-dealkylation sites (tertiary alicyclic amines) is 2. The fraction of sp³-hybridized carbons (Fsp3) is 0.463. The number of benzene rings is 3. The highest BCUT2D eigenvalue weighted by atomic mass is 32.1. The molecule has 432 valence electrons. The van der Waals surface area contributed by atoms with E-state index in [1.807, 2.05) is 24.3 Å². The van der Waals surface area contributed by atoms with Gasteiger partial charge in [-0.05, 0) is 98.5 Å². The first-order valence-electron chi connectivity index (χ1n) is 26.4. The van der Waals surface area contributed by atoms with E-state index in [9.17, 15) is 63.6 Å². The Morgan fingerprint density at radius 3 is 1.62 bits per heavy atom. The summed E-state index contributed by atoms with van der Waals surface area (Å²) in [5, 5.41) is 56.0. The molecule has 2 aliphatic heterocycles. The number of H-pyrrole nitrogens is 1. The van der Waals surface area contributed by atoms with Crippen molar-refractivity contribution in [2.45, 2.75) is 119 Å². The van der Waals surface area contributed by atoms with E-state index in [4.69, 9.17) is 11.5 Å². The number of phenols is 2. The van der Waals surface area contributed by atoms with E-state index in [1.165, 1.54) is 58.3 Å². The quantitative estimate of drug-likeness (QED) is 0.0237. The van der Waals surface area contributed by atoms with Gasteiger partial charge in [0.25, 0.3) is 0 Å². The number of nitrogens with one attached hydrogen (secondary N) is 7. The van der Waals surface area contributed by atoms with Crippen LogP contribution >= 0.6 is 25.3 Å². The van der Waals surface area contributed by atoms with Gasteiger partial charge in [0.2, 0.25) is 47.3 Å². The lowest BCUT2D eigenvalue weighted by atomic mass is 10.0. The first-order valence-corrected chi connectivity index (χ1v) is 27.7. The van der Waals surface area contributed by atoms with Crippen molar-refractivity contribution in [2.24, 2.45) is 11.5 Å². The number of carbonyl (C=O) groups is 9. The van der Waals surface area contributed by atoms with Crippen molar-refractivity contribution >= 4 is 89.4 Å². The number of nitrogens with zero attached hydrogens (tertiary/aromatic N) is 2. The number of aliphatic hydroxyl groups is 1. The molecule has 0 bridgehead atoms. The maximum absolute atomic E-state index is 14.9. The van der Waals surface area contributed by atoms with Crippen LogP contribution in [0.25, 0.3) is 10.9 Å². The predicted molar refractivity (Wildman–Crippen MR) is 300 cm³/mol. The molecule has 15 N–H and O–H groups in total. The molecule has 1 aromatic heterocycles. The fourth-order valence-corrected chi connectivity index (χ4v) is 10.1. The zero-order chi connectivity index (χ0) is 58.0.